The Kier molecular flexibility index (Phi) is 6.31. The summed E-state index contributed by atoms with van der Waals surface area (Å²) in [4.78, 5) is 12.5. The second-order valence-electron chi connectivity index (χ2n) is 7.83. The van der Waals surface area contributed by atoms with Gasteiger partial charge in [-0.25, -0.2) is 12.8 Å². The van der Waals surface area contributed by atoms with Gasteiger partial charge < -0.3 is 5.32 Å². The van der Waals surface area contributed by atoms with Gasteiger partial charge in [-0.05, 0) is 61.1 Å². The van der Waals surface area contributed by atoms with Crippen LogP contribution in [0.2, 0.25) is 5.02 Å². The first-order valence-electron chi connectivity index (χ1n) is 9.45. The van der Waals surface area contributed by atoms with Crippen LogP contribution in [-0.4, -0.2) is 31.7 Å². The molecule has 5 nitrogen and oxygen atoms in total. The summed E-state index contributed by atoms with van der Waals surface area (Å²) in [6.45, 7) is 6.66. The molecule has 0 aliphatic carbocycles. The van der Waals surface area contributed by atoms with E-state index in [9.17, 15) is 17.6 Å². The van der Waals surface area contributed by atoms with Gasteiger partial charge in [0.25, 0.3) is 5.91 Å². The molecule has 3 rings (SSSR count). The van der Waals surface area contributed by atoms with Gasteiger partial charge >= 0.3 is 0 Å². The minimum Gasteiger partial charge on any atom is -0.322 e. The molecule has 1 aliphatic heterocycles. The Morgan fingerprint density at radius 1 is 1.14 bits per heavy atom. The zero-order valence-electron chi connectivity index (χ0n) is 16.6. The maximum absolute atomic E-state index is 14.3. The molecule has 2 aromatic rings. The maximum Gasteiger partial charge on any atom is 0.258 e. The number of aryl methyl sites for hydroxylation is 1. The molecule has 1 saturated heterocycles. The summed E-state index contributed by atoms with van der Waals surface area (Å²) in [7, 11) is -3.82. The lowest BCUT2D eigenvalue weighted by Crippen LogP contribution is -2.42. The van der Waals surface area contributed by atoms with E-state index in [1.807, 2.05) is 20.8 Å². The third kappa shape index (κ3) is 4.79. The molecule has 2 atom stereocenters. The predicted octanol–water partition coefficient (Wildman–Crippen LogP) is 4.71. The van der Waals surface area contributed by atoms with E-state index in [0.717, 1.165) is 24.1 Å². The van der Waals surface area contributed by atoms with Crippen molar-refractivity contribution in [2.45, 2.75) is 32.1 Å². The van der Waals surface area contributed by atoms with Gasteiger partial charge in [-0.3, -0.25) is 4.79 Å². The highest BCUT2D eigenvalue weighted by Crippen LogP contribution is 2.28. The SMILES string of the molecule is Cc1ccc(NC(=O)c2cc(S(=O)(=O)N3C[C@@H](C)C[C@H](C)C3)ccc2F)cc1Cl. The topological polar surface area (TPSA) is 66.5 Å². The third-order valence-corrected chi connectivity index (χ3v) is 7.32. The molecule has 0 saturated carbocycles. The fourth-order valence-electron chi connectivity index (χ4n) is 3.66. The fourth-order valence-corrected chi connectivity index (χ4v) is 5.55. The predicted molar refractivity (Wildman–Crippen MR) is 112 cm³/mol. The molecule has 1 heterocycles. The number of carbonyl (C=O) groups excluding carboxylic acids is 1. The monoisotopic (exact) mass is 438 g/mol. The Bertz CT molecular complexity index is 1030. The Hall–Kier alpha value is -1.96. The number of halogens is 2. The number of piperidine rings is 1. The lowest BCUT2D eigenvalue weighted by Gasteiger charge is -2.34. The van der Waals surface area contributed by atoms with Crippen molar-refractivity contribution in [3.63, 3.8) is 0 Å². The molecular weight excluding hydrogens is 415 g/mol. The van der Waals surface area contributed by atoms with E-state index in [4.69, 9.17) is 11.6 Å². The van der Waals surface area contributed by atoms with E-state index in [2.05, 4.69) is 5.32 Å². The quantitative estimate of drug-likeness (QED) is 0.751. The first-order chi connectivity index (χ1) is 13.6. The number of nitrogens with zero attached hydrogens (tertiary/aromatic N) is 1. The van der Waals surface area contributed by atoms with Gasteiger partial charge in [0.15, 0.2) is 0 Å². The average molecular weight is 439 g/mol. The van der Waals surface area contributed by atoms with Crippen LogP contribution in [0.25, 0.3) is 0 Å². The molecule has 1 amide bonds. The molecule has 1 fully saturated rings. The first-order valence-corrected chi connectivity index (χ1v) is 11.3. The highest BCUT2D eigenvalue weighted by Gasteiger charge is 2.32. The first kappa shape index (κ1) is 21.7. The average Bonchev–Trinajstić information content (AvgIpc) is 2.64. The Balaban J connectivity index is 1.89. The summed E-state index contributed by atoms with van der Waals surface area (Å²) in [6.07, 6.45) is 0.961. The van der Waals surface area contributed by atoms with Gasteiger partial charge in [-0.1, -0.05) is 31.5 Å². The second-order valence-corrected chi connectivity index (χ2v) is 10.2. The molecule has 8 heteroatoms. The third-order valence-electron chi connectivity index (χ3n) is 5.09. The summed E-state index contributed by atoms with van der Waals surface area (Å²) in [5.74, 6) is -1.05. The van der Waals surface area contributed by atoms with E-state index in [1.165, 1.54) is 10.4 Å². The van der Waals surface area contributed by atoms with Crippen LogP contribution in [0, 0.1) is 24.6 Å². The van der Waals surface area contributed by atoms with Crippen LogP contribution < -0.4 is 5.32 Å². The number of sulfonamides is 1. The number of hydrogen-bond acceptors (Lipinski definition) is 3. The molecular formula is C21H24ClFN2O3S. The summed E-state index contributed by atoms with van der Waals surface area (Å²) in [5.41, 5.74) is 0.909. The van der Waals surface area contributed by atoms with E-state index < -0.39 is 21.7 Å². The van der Waals surface area contributed by atoms with Gasteiger partial charge in [0.2, 0.25) is 10.0 Å². The number of carbonyl (C=O) groups is 1. The minimum absolute atomic E-state index is 0.0905. The lowest BCUT2D eigenvalue weighted by atomic mass is 9.94. The molecule has 0 spiro atoms. The summed E-state index contributed by atoms with van der Waals surface area (Å²) < 4.78 is 41.9. The van der Waals surface area contributed by atoms with Gasteiger partial charge in [0.1, 0.15) is 5.82 Å². The van der Waals surface area contributed by atoms with Crippen LogP contribution in [0.4, 0.5) is 10.1 Å². The molecule has 156 valence electrons. The van der Waals surface area contributed by atoms with Crippen LogP contribution in [0.1, 0.15) is 36.2 Å². The fraction of sp³-hybridized carbons (Fsp3) is 0.381. The summed E-state index contributed by atoms with van der Waals surface area (Å²) in [6, 6.07) is 8.25. The van der Waals surface area contributed by atoms with Crippen molar-refractivity contribution >= 4 is 33.2 Å². The van der Waals surface area contributed by atoms with E-state index in [-0.39, 0.29) is 22.3 Å². The van der Waals surface area contributed by atoms with Crippen molar-refractivity contribution in [2.24, 2.45) is 11.8 Å². The van der Waals surface area contributed by atoms with E-state index in [1.54, 1.807) is 18.2 Å². The van der Waals surface area contributed by atoms with Gasteiger partial charge in [0.05, 0.1) is 10.5 Å². The van der Waals surface area contributed by atoms with Crippen molar-refractivity contribution in [1.29, 1.82) is 0 Å². The highest BCUT2D eigenvalue weighted by atomic mass is 35.5. The lowest BCUT2D eigenvalue weighted by molar-refractivity contribution is 0.102. The maximum atomic E-state index is 14.3. The van der Waals surface area contributed by atoms with Crippen molar-refractivity contribution in [3.8, 4) is 0 Å². The zero-order chi connectivity index (χ0) is 21.3. The van der Waals surface area contributed by atoms with Gasteiger partial charge in [-0.15, -0.1) is 0 Å². The van der Waals surface area contributed by atoms with Crippen LogP contribution in [0.15, 0.2) is 41.3 Å². The van der Waals surface area contributed by atoms with Crippen LogP contribution in [0.3, 0.4) is 0 Å². The van der Waals surface area contributed by atoms with Crippen LogP contribution >= 0.6 is 11.6 Å². The number of hydrogen-bond donors (Lipinski definition) is 1. The number of nitrogens with one attached hydrogen (secondary N) is 1. The van der Waals surface area contributed by atoms with Crippen LogP contribution in [0.5, 0.6) is 0 Å². The number of benzene rings is 2. The largest absolute Gasteiger partial charge is 0.322 e. The molecule has 0 bridgehead atoms. The molecule has 29 heavy (non-hydrogen) atoms. The normalized spacial score (nSPS) is 20.4. The van der Waals surface area contributed by atoms with Gasteiger partial charge in [0, 0.05) is 23.8 Å². The van der Waals surface area contributed by atoms with Crippen molar-refractivity contribution in [1.82, 2.24) is 4.31 Å². The van der Waals surface area contributed by atoms with Crippen molar-refractivity contribution < 1.29 is 17.6 Å². The molecule has 0 radical (unpaired) electrons. The van der Waals surface area contributed by atoms with Crippen molar-refractivity contribution in [3.05, 3.63) is 58.4 Å². The highest BCUT2D eigenvalue weighted by molar-refractivity contribution is 7.89. The molecule has 0 aromatic heterocycles. The smallest absolute Gasteiger partial charge is 0.258 e. The second kappa shape index (κ2) is 8.42. The number of anilines is 1. The van der Waals surface area contributed by atoms with E-state index in [0.29, 0.717) is 23.8 Å². The number of amides is 1. The number of rotatable bonds is 4. The minimum atomic E-state index is -3.82. The Labute approximate surface area is 175 Å². The Morgan fingerprint density at radius 3 is 2.41 bits per heavy atom. The summed E-state index contributed by atoms with van der Waals surface area (Å²) >= 11 is 6.06. The van der Waals surface area contributed by atoms with Crippen LogP contribution in [-0.2, 0) is 10.0 Å². The molecule has 2 aromatic carbocycles. The summed E-state index contributed by atoms with van der Waals surface area (Å²) in [5, 5.41) is 3.03. The van der Waals surface area contributed by atoms with E-state index >= 15 is 0 Å². The molecule has 1 aliphatic rings. The Morgan fingerprint density at radius 2 is 1.79 bits per heavy atom. The molecule has 1 N–H and O–H groups in total. The molecule has 0 unspecified atom stereocenters. The standard InChI is InChI=1S/C21H24ClFN2O3S/c1-13-8-14(2)12-25(11-13)29(27,28)17-6-7-20(23)18(10-17)21(26)24-16-5-4-15(3)19(22)9-16/h4-7,9-10,13-14H,8,11-12H2,1-3H3,(H,24,26)/t13-,14-/m0/s1. The zero-order valence-corrected chi connectivity index (χ0v) is 18.1. The van der Waals surface area contributed by atoms with Crippen molar-refractivity contribution in [2.75, 3.05) is 18.4 Å². The van der Waals surface area contributed by atoms with Gasteiger partial charge in [-0.2, -0.15) is 4.31 Å².